The third-order valence-electron chi connectivity index (χ3n) is 3.54. The highest BCUT2D eigenvalue weighted by molar-refractivity contribution is 6.33. The Labute approximate surface area is 154 Å². The first-order chi connectivity index (χ1) is 12.6. The molecule has 0 spiro atoms. The molecule has 0 aliphatic heterocycles. The van der Waals surface area contributed by atoms with E-state index in [1.165, 1.54) is 12.1 Å². The van der Waals surface area contributed by atoms with Gasteiger partial charge in [-0.05, 0) is 42.5 Å². The maximum Gasteiger partial charge on any atom is 0.252 e. The molecular formula is C19H15ClFN3O2. The SMILES string of the molecule is O=C(NCCOc1ccc(-c2ccc(F)cc2)nn1)c1ccccc1Cl. The van der Waals surface area contributed by atoms with Gasteiger partial charge in [0.25, 0.3) is 5.91 Å². The Morgan fingerprint density at radius 3 is 2.50 bits per heavy atom. The number of benzene rings is 2. The van der Waals surface area contributed by atoms with Crippen molar-refractivity contribution >= 4 is 17.5 Å². The van der Waals surface area contributed by atoms with Crippen LogP contribution in [-0.4, -0.2) is 29.3 Å². The predicted octanol–water partition coefficient (Wildman–Crippen LogP) is 3.74. The van der Waals surface area contributed by atoms with Crippen molar-refractivity contribution in [2.24, 2.45) is 0 Å². The molecule has 3 rings (SSSR count). The number of amides is 1. The van der Waals surface area contributed by atoms with Crippen LogP contribution in [0.15, 0.2) is 60.7 Å². The molecule has 3 aromatic rings. The highest BCUT2D eigenvalue weighted by Crippen LogP contribution is 2.18. The van der Waals surface area contributed by atoms with Gasteiger partial charge in [-0.3, -0.25) is 4.79 Å². The van der Waals surface area contributed by atoms with Crippen LogP contribution in [-0.2, 0) is 0 Å². The van der Waals surface area contributed by atoms with Gasteiger partial charge in [-0.2, -0.15) is 0 Å². The van der Waals surface area contributed by atoms with Crippen molar-refractivity contribution in [3.63, 3.8) is 0 Å². The van der Waals surface area contributed by atoms with E-state index in [0.717, 1.165) is 5.56 Å². The monoisotopic (exact) mass is 371 g/mol. The van der Waals surface area contributed by atoms with E-state index in [2.05, 4.69) is 15.5 Å². The molecule has 1 aromatic heterocycles. The lowest BCUT2D eigenvalue weighted by molar-refractivity contribution is 0.0946. The Balaban J connectivity index is 1.49. The molecule has 0 aliphatic carbocycles. The molecule has 7 heteroatoms. The molecule has 0 saturated heterocycles. The zero-order chi connectivity index (χ0) is 18.4. The van der Waals surface area contributed by atoms with Gasteiger partial charge in [0.15, 0.2) is 0 Å². The largest absolute Gasteiger partial charge is 0.475 e. The standard InChI is InChI=1S/C19H15ClFN3O2/c20-16-4-2-1-3-15(16)19(25)22-11-12-26-18-10-9-17(23-24-18)13-5-7-14(21)8-6-13/h1-10H,11-12H2,(H,22,25). The van der Waals surface area contributed by atoms with Crippen molar-refractivity contribution in [2.45, 2.75) is 0 Å². The molecule has 0 aliphatic rings. The number of halogens is 2. The molecule has 132 valence electrons. The maximum absolute atomic E-state index is 12.9. The first kappa shape index (κ1) is 17.8. The zero-order valence-electron chi connectivity index (χ0n) is 13.7. The fourth-order valence-electron chi connectivity index (χ4n) is 2.23. The Kier molecular flexibility index (Phi) is 5.76. The average Bonchev–Trinajstić information content (AvgIpc) is 2.66. The van der Waals surface area contributed by atoms with Gasteiger partial charge >= 0.3 is 0 Å². The van der Waals surface area contributed by atoms with Gasteiger partial charge < -0.3 is 10.1 Å². The number of hydrogen-bond donors (Lipinski definition) is 1. The summed E-state index contributed by atoms with van der Waals surface area (Å²) in [6, 6.07) is 16.2. The second-order valence-corrected chi connectivity index (χ2v) is 5.76. The van der Waals surface area contributed by atoms with Gasteiger partial charge in [0.1, 0.15) is 12.4 Å². The Bertz CT molecular complexity index is 886. The molecule has 0 radical (unpaired) electrons. The van der Waals surface area contributed by atoms with E-state index in [0.29, 0.717) is 28.7 Å². The molecule has 26 heavy (non-hydrogen) atoms. The minimum absolute atomic E-state index is 0.237. The number of rotatable bonds is 6. The fraction of sp³-hybridized carbons (Fsp3) is 0.105. The fourth-order valence-corrected chi connectivity index (χ4v) is 2.45. The summed E-state index contributed by atoms with van der Waals surface area (Å²) in [5.74, 6) is -0.236. The van der Waals surface area contributed by atoms with Crippen molar-refractivity contribution in [1.29, 1.82) is 0 Å². The molecule has 1 heterocycles. The van der Waals surface area contributed by atoms with E-state index >= 15 is 0 Å². The summed E-state index contributed by atoms with van der Waals surface area (Å²) in [6.45, 7) is 0.534. The molecule has 1 amide bonds. The molecule has 0 saturated carbocycles. The third-order valence-corrected chi connectivity index (χ3v) is 3.87. The Hall–Kier alpha value is -2.99. The Morgan fingerprint density at radius 2 is 1.81 bits per heavy atom. The van der Waals surface area contributed by atoms with Crippen LogP contribution in [0, 0.1) is 5.82 Å². The first-order valence-electron chi connectivity index (χ1n) is 7.89. The third kappa shape index (κ3) is 4.55. The molecule has 0 atom stereocenters. The Morgan fingerprint density at radius 1 is 1.04 bits per heavy atom. The lowest BCUT2D eigenvalue weighted by Crippen LogP contribution is -2.28. The van der Waals surface area contributed by atoms with Crippen LogP contribution >= 0.6 is 11.6 Å². The van der Waals surface area contributed by atoms with Crippen LogP contribution in [0.25, 0.3) is 11.3 Å². The van der Waals surface area contributed by atoms with Crippen LogP contribution in [0.3, 0.4) is 0 Å². The number of aromatic nitrogens is 2. The second-order valence-electron chi connectivity index (χ2n) is 5.35. The summed E-state index contributed by atoms with van der Waals surface area (Å²) in [7, 11) is 0. The van der Waals surface area contributed by atoms with E-state index in [-0.39, 0.29) is 18.3 Å². The lowest BCUT2D eigenvalue weighted by Gasteiger charge is -2.08. The van der Waals surface area contributed by atoms with Gasteiger partial charge in [-0.25, -0.2) is 4.39 Å². The van der Waals surface area contributed by atoms with E-state index in [1.807, 2.05) is 0 Å². The van der Waals surface area contributed by atoms with Crippen molar-refractivity contribution < 1.29 is 13.9 Å². The minimum Gasteiger partial charge on any atom is -0.475 e. The van der Waals surface area contributed by atoms with Crippen LogP contribution in [0.5, 0.6) is 5.88 Å². The van der Waals surface area contributed by atoms with Crippen LogP contribution in [0.4, 0.5) is 4.39 Å². The van der Waals surface area contributed by atoms with Gasteiger partial charge in [0.05, 0.1) is 22.8 Å². The van der Waals surface area contributed by atoms with Gasteiger partial charge in [-0.15, -0.1) is 10.2 Å². The molecule has 0 unspecified atom stereocenters. The number of carbonyl (C=O) groups excluding carboxylic acids is 1. The number of ether oxygens (including phenoxy) is 1. The average molecular weight is 372 g/mol. The molecular weight excluding hydrogens is 357 g/mol. The van der Waals surface area contributed by atoms with Crippen molar-refractivity contribution in [3.05, 3.63) is 77.1 Å². The topological polar surface area (TPSA) is 64.1 Å². The maximum atomic E-state index is 12.9. The summed E-state index contributed by atoms with van der Waals surface area (Å²) in [6.07, 6.45) is 0. The van der Waals surface area contributed by atoms with E-state index in [4.69, 9.17) is 16.3 Å². The number of hydrogen-bond acceptors (Lipinski definition) is 4. The van der Waals surface area contributed by atoms with Crippen LogP contribution in [0.2, 0.25) is 5.02 Å². The minimum atomic E-state index is -0.305. The van der Waals surface area contributed by atoms with Crippen LogP contribution < -0.4 is 10.1 Å². The lowest BCUT2D eigenvalue weighted by atomic mass is 10.1. The number of carbonyl (C=O) groups is 1. The zero-order valence-corrected chi connectivity index (χ0v) is 14.4. The second kappa shape index (κ2) is 8.40. The van der Waals surface area contributed by atoms with Crippen LogP contribution in [0.1, 0.15) is 10.4 Å². The summed E-state index contributed by atoms with van der Waals surface area (Å²) < 4.78 is 18.4. The van der Waals surface area contributed by atoms with E-state index in [9.17, 15) is 9.18 Å². The quantitative estimate of drug-likeness (QED) is 0.670. The predicted molar refractivity (Wildman–Crippen MR) is 96.7 cm³/mol. The number of nitrogens with one attached hydrogen (secondary N) is 1. The molecule has 5 nitrogen and oxygen atoms in total. The van der Waals surface area contributed by atoms with Gasteiger partial charge in [0, 0.05) is 11.6 Å². The highest BCUT2D eigenvalue weighted by Gasteiger charge is 2.08. The van der Waals surface area contributed by atoms with Crippen molar-refractivity contribution in [1.82, 2.24) is 15.5 Å². The van der Waals surface area contributed by atoms with Gasteiger partial charge in [0.2, 0.25) is 5.88 Å². The molecule has 2 aromatic carbocycles. The van der Waals surface area contributed by atoms with Crippen molar-refractivity contribution in [3.8, 4) is 17.1 Å². The smallest absolute Gasteiger partial charge is 0.252 e. The summed E-state index contributed by atoms with van der Waals surface area (Å²) in [4.78, 5) is 12.0. The molecule has 0 bridgehead atoms. The van der Waals surface area contributed by atoms with E-state index in [1.54, 1.807) is 48.5 Å². The normalized spacial score (nSPS) is 10.4. The summed E-state index contributed by atoms with van der Waals surface area (Å²) in [5, 5.41) is 11.1. The summed E-state index contributed by atoms with van der Waals surface area (Å²) >= 11 is 5.97. The summed E-state index contributed by atoms with van der Waals surface area (Å²) in [5.41, 5.74) is 1.79. The highest BCUT2D eigenvalue weighted by atomic mass is 35.5. The molecule has 1 N–H and O–H groups in total. The number of nitrogens with zero attached hydrogens (tertiary/aromatic N) is 2. The molecule has 0 fully saturated rings. The van der Waals surface area contributed by atoms with E-state index < -0.39 is 0 Å². The first-order valence-corrected chi connectivity index (χ1v) is 8.26. The van der Waals surface area contributed by atoms with Gasteiger partial charge in [-0.1, -0.05) is 23.7 Å². The van der Waals surface area contributed by atoms with Crippen molar-refractivity contribution in [2.75, 3.05) is 13.2 Å².